The van der Waals surface area contributed by atoms with E-state index in [1.54, 1.807) is 41.5 Å². The summed E-state index contributed by atoms with van der Waals surface area (Å²) in [6, 6.07) is 14.7. The van der Waals surface area contributed by atoms with Crippen molar-refractivity contribution in [2.45, 2.75) is 37.5 Å². The first-order chi connectivity index (χ1) is 33.0. The van der Waals surface area contributed by atoms with E-state index in [2.05, 4.69) is 0 Å². The van der Waals surface area contributed by atoms with Crippen LogP contribution in [0.1, 0.15) is 38.8 Å². The van der Waals surface area contributed by atoms with E-state index in [1.165, 1.54) is 72.8 Å². The minimum atomic E-state index is -0.612. The van der Waals surface area contributed by atoms with Crippen LogP contribution in [0.25, 0.3) is 34.4 Å². The number of urea groups is 2. The summed E-state index contributed by atoms with van der Waals surface area (Å²) >= 11 is 26.7. The third kappa shape index (κ3) is 12.1. The summed E-state index contributed by atoms with van der Waals surface area (Å²) in [5.74, 6) is -0.743. The van der Waals surface area contributed by atoms with Crippen LogP contribution in [-0.2, 0) is 9.59 Å². The number of nitro benzene ring substituents is 2. The summed E-state index contributed by atoms with van der Waals surface area (Å²) in [6.45, 7) is 12.3. The van der Waals surface area contributed by atoms with Crippen LogP contribution in [0.4, 0.5) is 21.0 Å². The van der Waals surface area contributed by atoms with Gasteiger partial charge in [0.15, 0.2) is 0 Å². The molecule has 16 nitrogen and oxygen atoms in total. The van der Waals surface area contributed by atoms with Crippen molar-refractivity contribution < 1.29 is 29.0 Å². The molecule has 4 aromatic carbocycles. The maximum absolute atomic E-state index is 13.6. The number of hydrogen-bond acceptors (Lipinski definition) is 9. The molecule has 6 rings (SSSR count). The fourth-order valence-corrected chi connectivity index (χ4v) is 10.3. The molecule has 0 radical (unpaired) electrons. The van der Waals surface area contributed by atoms with Gasteiger partial charge in [-0.15, -0.1) is 0 Å². The minimum absolute atomic E-state index is 0.00632. The second-order valence-electron chi connectivity index (χ2n) is 15.8. The summed E-state index contributed by atoms with van der Waals surface area (Å²) in [4.78, 5) is 88.3. The monoisotopic (exact) mass is 1040 g/mol. The molecule has 0 aromatic heterocycles. The Morgan fingerprint density at radius 1 is 0.551 bits per heavy atom. The number of amides is 6. The third-order valence-corrected chi connectivity index (χ3v) is 14.1. The third-order valence-electron chi connectivity index (χ3n) is 11.9. The van der Waals surface area contributed by atoms with E-state index in [9.17, 15) is 39.4 Å². The molecule has 364 valence electrons. The van der Waals surface area contributed by atoms with E-state index >= 15 is 0 Å². The van der Waals surface area contributed by atoms with Crippen molar-refractivity contribution in [3.63, 3.8) is 0 Å². The van der Waals surface area contributed by atoms with Gasteiger partial charge in [0, 0.05) is 112 Å². The average Bonchev–Trinajstić information content (AvgIpc) is 3.33. The van der Waals surface area contributed by atoms with Crippen molar-refractivity contribution in [3.05, 3.63) is 124 Å². The molecule has 0 N–H and O–H groups in total. The van der Waals surface area contributed by atoms with E-state index in [4.69, 9.17) is 46.4 Å². The van der Waals surface area contributed by atoms with Gasteiger partial charge in [-0.2, -0.15) is 0 Å². The molecular weight excluding hydrogens is 990 g/mol. The Morgan fingerprint density at radius 2 is 0.884 bits per heavy atom. The van der Waals surface area contributed by atoms with Gasteiger partial charge in [0.25, 0.3) is 11.4 Å². The fraction of sp³-hybridized carbons (Fsp3) is 0.333. The zero-order valence-electron chi connectivity index (χ0n) is 38.3. The summed E-state index contributed by atoms with van der Waals surface area (Å²) in [7, 11) is 0. The van der Waals surface area contributed by atoms with E-state index < -0.39 is 21.2 Å². The van der Waals surface area contributed by atoms with Gasteiger partial charge in [0.1, 0.15) is 0 Å². The number of nitro groups is 2. The number of piperazine rings is 2. The van der Waals surface area contributed by atoms with E-state index in [1.807, 2.05) is 27.7 Å². The van der Waals surface area contributed by atoms with Gasteiger partial charge in [-0.05, 0) is 87.4 Å². The van der Waals surface area contributed by atoms with Gasteiger partial charge in [-0.25, -0.2) is 9.59 Å². The molecule has 0 atom stereocenters. The molecule has 2 saturated heterocycles. The molecule has 2 aliphatic rings. The van der Waals surface area contributed by atoms with Crippen LogP contribution in [0, 0.1) is 20.2 Å². The number of rotatable bonds is 14. The van der Waals surface area contributed by atoms with Gasteiger partial charge in [0.05, 0.1) is 40.8 Å². The lowest BCUT2D eigenvalue weighted by atomic mass is 9.97. The van der Waals surface area contributed by atoms with E-state index in [0.29, 0.717) is 52.4 Å². The number of nitrogens with zero attached hydrogens (tertiary/aromatic N) is 8. The quantitative estimate of drug-likeness (QED) is 0.0676. The van der Waals surface area contributed by atoms with Gasteiger partial charge in [0.2, 0.25) is 11.8 Å². The average molecular weight is 1040 g/mol. The Hall–Kier alpha value is -5.85. The van der Waals surface area contributed by atoms with Crippen LogP contribution < -0.4 is 0 Å². The Balaban J connectivity index is 1.38. The molecule has 0 bridgehead atoms. The molecule has 4 aromatic rings. The summed E-state index contributed by atoms with van der Waals surface area (Å²) in [6.07, 6.45) is 5.52. The highest BCUT2D eigenvalue weighted by Crippen LogP contribution is 2.50. The van der Waals surface area contributed by atoms with Crippen LogP contribution in [-0.4, -0.2) is 142 Å². The van der Waals surface area contributed by atoms with Crippen molar-refractivity contribution in [1.82, 2.24) is 29.4 Å². The SMILES string of the molecule is CCN(CC)C(=O)N1CCN(C(=O)/C=C/c2ccc(Sc3ccc(/C=C/C(=O)N4CCN(C(=O)N(CC)CC)CC4)c(-c4ccc(Cl)cc4Cl)c3[N+](=O)[O-])c([N+](=O)[O-])c2-c2ccc(Cl)cc2Cl)CC1. The highest BCUT2D eigenvalue weighted by molar-refractivity contribution is 7.99. The largest absolute Gasteiger partial charge is 0.336 e. The number of hydrogen-bond donors (Lipinski definition) is 0. The Labute approximate surface area is 424 Å². The van der Waals surface area contributed by atoms with Crippen LogP contribution in [0.3, 0.4) is 0 Å². The number of halogens is 4. The first-order valence-corrected chi connectivity index (χ1v) is 24.6. The molecule has 0 aliphatic carbocycles. The lowest BCUT2D eigenvalue weighted by molar-refractivity contribution is -0.387. The minimum Gasteiger partial charge on any atom is -0.336 e. The van der Waals surface area contributed by atoms with Crippen LogP contribution >= 0.6 is 58.2 Å². The molecule has 0 saturated carbocycles. The first kappa shape index (κ1) is 52.5. The van der Waals surface area contributed by atoms with Crippen LogP contribution in [0.2, 0.25) is 20.1 Å². The van der Waals surface area contributed by atoms with Gasteiger partial charge >= 0.3 is 12.1 Å². The van der Waals surface area contributed by atoms with Crippen LogP contribution in [0.15, 0.2) is 82.6 Å². The summed E-state index contributed by atoms with van der Waals surface area (Å²) < 4.78 is 0. The number of carbonyl (C=O) groups excluding carboxylic acids is 4. The smallest absolute Gasteiger partial charge is 0.320 e. The molecule has 0 unspecified atom stereocenters. The maximum atomic E-state index is 13.6. The highest BCUT2D eigenvalue weighted by Gasteiger charge is 2.32. The Morgan fingerprint density at radius 3 is 1.19 bits per heavy atom. The van der Waals surface area contributed by atoms with Crippen molar-refractivity contribution in [3.8, 4) is 22.3 Å². The lowest BCUT2D eigenvalue weighted by Crippen LogP contribution is -2.53. The second kappa shape index (κ2) is 23.6. The lowest BCUT2D eigenvalue weighted by Gasteiger charge is -2.36. The molecule has 2 aliphatic heterocycles. The topological polar surface area (TPSA) is 174 Å². The molecule has 2 heterocycles. The first-order valence-electron chi connectivity index (χ1n) is 22.2. The van der Waals surface area contributed by atoms with Gasteiger partial charge in [-0.3, -0.25) is 29.8 Å². The molecule has 2 fully saturated rings. The molecule has 0 spiro atoms. The van der Waals surface area contributed by atoms with Crippen molar-refractivity contribution in [2.24, 2.45) is 0 Å². The van der Waals surface area contributed by atoms with Gasteiger partial charge < -0.3 is 29.4 Å². The zero-order chi connectivity index (χ0) is 50.1. The van der Waals surface area contributed by atoms with E-state index in [0.717, 1.165) is 11.8 Å². The van der Waals surface area contributed by atoms with E-state index in [-0.39, 0.29) is 113 Å². The van der Waals surface area contributed by atoms with Crippen molar-refractivity contribution >= 4 is 106 Å². The van der Waals surface area contributed by atoms with Crippen LogP contribution in [0.5, 0.6) is 0 Å². The predicted molar refractivity (Wildman–Crippen MR) is 272 cm³/mol. The predicted octanol–water partition coefficient (Wildman–Crippen LogP) is 10.8. The molecule has 21 heteroatoms. The zero-order valence-corrected chi connectivity index (χ0v) is 42.2. The molecule has 69 heavy (non-hydrogen) atoms. The Bertz CT molecular complexity index is 2520. The summed E-state index contributed by atoms with van der Waals surface area (Å²) in [5.41, 5.74) is 0.114. The van der Waals surface area contributed by atoms with Crippen molar-refractivity contribution in [1.29, 1.82) is 0 Å². The molecular formula is C48H50Cl4N8O8S. The normalized spacial score (nSPS) is 14.1. The maximum Gasteiger partial charge on any atom is 0.320 e. The number of benzene rings is 4. The van der Waals surface area contributed by atoms with Crippen molar-refractivity contribution in [2.75, 3.05) is 78.5 Å². The Kier molecular flexibility index (Phi) is 18.0. The molecule has 6 amide bonds. The fourth-order valence-electron chi connectivity index (χ4n) is 8.21. The standard InChI is InChI=1S/C48H50Cl4N8O8S/c1-5-53(6-2)47(63)57-25-21-55(22-26-57)41(61)19-11-31-9-17-39(45(59(65)66)43(31)35-15-13-33(49)29-37(35)51)69-40-18-10-32(44(46(40)60(67)68)36-16-14-34(50)30-38(36)52)12-20-42(62)56-23-27-58(28-24-56)48(64)54(7-3)8-4/h9-20,29-30H,5-8,21-28H2,1-4H3/b19-11+,20-12+. The van der Waals surface area contributed by atoms with Gasteiger partial charge in [-0.1, -0.05) is 82.4 Å². The number of carbonyl (C=O) groups is 4. The summed E-state index contributed by atoms with van der Waals surface area (Å²) in [5, 5.41) is 27.3. The highest BCUT2D eigenvalue weighted by atomic mass is 35.5. The second-order valence-corrected chi connectivity index (χ2v) is 18.6.